The Morgan fingerprint density at radius 1 is 1.05 bits per heavy atom. The van der Waals surface area contributed by atoms with Gasteiger partial charge in [0.2, 0.25) is 0 Å². The second-order valence-electron chi connectivity index (χ2n) is 12.0. The summed E-state index contributed by atoms with van der Waals surface area (Å²) in [7, 11) is 0. The zero-order valence-corrected chi connectivity index (χ0v) is 26.4. The van der Waals surface area contributed by atoms with Crippen LogP contribution < -0.4 is 11.0 Å². The average molecular weight is 606 g/mol. The third-order valence-corrected chi connectivity index (χ3v) is 7.18. The van der Waals surface area contributed by atoms with Gasteiger partial charge in [0.25, 0.3) is 5.91 Å². The van der Waals surface area contributed by atoms with Gasteiger partial charge in [0.05, 0.1) is 23.8 Å². The highest BCUT2D eigenvalue weighted by Crippen LogP contribution is 2.31. The predicted molar refractivity (Wildman–Crippen MR) is 169 cm³/mol. The lowest BCUT2D eigenvalue weighted by atomic mass is 9.96. The van der Waals surface area contributed by atoms with Gasteiger partial charge in [-0.3, -0.25) is 9.36 Å². The van der Waals surface area contributed by atoms with Gasteiger partial charge in [0.1, 0.15) is 5.60 Å². The van der Waals surface area contributed by atoms with Crippen LogP contribution in [0.25, 0.3) is 5.52 Å². The van der Waals surface area contributed by atoms with Crippen LogP contribution in [0.15, 0.2) is 71.5 Å². The lowest BCUT2D eigenvalue weighted by Crippen LogP contribution is -2.43. The molecule has 1 atom stereocenters. The molecule has 1 N–H and O–H groups in total. The Morgan fingerprint density at radius 3 is 2.35 bits per heavy atom. The number of nitrogens with one attached hydrogen (secondary N) is 1. The maximum absolute atomic E-state index is 14.2. The van der Waals surface area contributed by atoms with Gasteiger partial charge in [-0.25, -0.2) is 9.59 Å². The number of carbonyl (C=O) groups excluding carboxylic acids is 2. The molecule has 2 aromatic carbocycles. The van der Waals surface area contributed by atoms with E-state index < -0.39 is 17.7 Å². The van der Waals surface area contributed by atoms with E-state index in [1.807, 2.05) is 63.2 Å². The highest BCUT2D eigenvalue weighted by molar-refractivity contribution is 6.30. The predicted octanol–water partition coefficient (Wildman–Crippen LogP) is 6.26. The van der Waals surface area contributed by atoms with Crippen molar-refractivity contribution in [3.05, 3.63) is 105 Å². The summed E-state index contributed by atoms with van der Waals surface area (Å²) < 4.78 is 8.49. The number of alkyl carbamates (subject to hydrolysis) is 1. The Morgan fingerprint density at radius 2 is 1.72 bits per heavy atom. The Balaban J connectivity index is 1.77. The molecular weight excluding hydrogens is 566 g/mol. The number of hydrogen-bond donors (Lipinski definition) is 1. The van der Waals surface area contributed by atoms with Gasteiger partial charge >= 0.3 is 11.8 Å². The molecule has 4 aromatic rings. The summed E-state index contributed by atoms with van der Waals surface area (Å²) >= 11 is 6.13. The minimum atomic E-state index is -0.615. The SMILES string of the molecule is Cc1cc2cc([C@@H](C(C)C)N(CCCNC(=O)OC(C)(C)C)C(=O)c3ccc(Cl)cc3)n(Cc3ccccc3)c(=O)n2n1. The lowest BCUT2D eigenvalue weighted by molar-refractivity contribution is 0.0520. The summed E-state index contributed by atoms with van der Waals surface area (Å²) in [5, 5.41) is 7.75. The van der Waals surface area contributed by atoms with E-state index in [4.69, 9.17) is 16.3 Å². The molecule has 0 fully saturated rings. The number of amides is 2. The van der Waals surface area contributed by atoms with Gasteiger partial charge in [-0.15, -0.1) is 0 Å². The molecule has 228 valence electrons. The van der Waals surface area contributed by atoms with Crippen molar-refractivity contribution in [2.24, 2.45) is 5.92 Å². The van der Waals surface area contributed by atoms with Crippen molar-refractivity contribution in [1.29, 1.82) is 0 Å². The molecule has 2 aromatic heterocycles. The van der Waals surface area contributed by atoms with Crippen LogP contribution in [0.2, 0.25) is 5.02 Å². The van der Waals surface area contributed by atoms with Crippen LogP contribution in [0.3, 0.4) is 0 Å². The van der Waals surface area contributed by atoms with Crippen molar-refractivity contribution in [3.8, 4) is 0 Å². The Kier molecular flexibility index (Phi) is 9.96. The molecule has 2 heterocycles. The topological polar surface area (TPSA) is 97.9 Å². The van der Waals surface area contributed by atoms with Crippen LogP contribution in [-0.2, 0) is 11.3 Å². The highest BCUT2D eigenvalue weighted by atomic mass is 35.5. The van der Waals surface area contributed by atoms with Gasteiger partial charge < -0.3 is 15.0 Å². The maximum Gasteiger partial charge on any atom is 0.407 e. The fourth-order valence-electron chi connectivity index (χ4n) is 5.14. The quantitative estimate of drug-likeness (QED) is 0.215. The fourth-order valence-corrected chi connectivity index (χ4v) is 5.27. The fraction of sp³-hybridized carbons (Fsp3) is 0.394. The molecule has 0 spiro atoms. The van der Waals surface area contributed by atoms with E-state index in [2.05, 4.69) is 10.4 Å². The third-order valence-electron chi connectivity index (χ3n) is 6.93. The second-order valence-corrected chi connectivity index (χ2v) is 12.5. The Labute approximate surface area is 257 Å². The molecule has 0 aliphatic carbocycles. The highest BCUT2D eigenvalue weighted by Gasteiger charge is 2.32. The van der Waals surface area contributed by atoms with Crippen molar-refractivity contribution in [2.45, 2.75) is 66.2 Å². The van der Waals surface area contributed by atoms with Crippen molar-refractivity contribution < 1.29 is 14.3 Å². The van der Waals surface area contributed by atoms with E-state index >= 15 is 0 Å². The van der Waals surface area contributed by atoms with E-state index in [0.29, 0.717) is 47.9 Å². The Bertz CT molecular complexity index is 1620. The first-order valence-corrected chi connectivity index (χ1v) is 14.9. The summed E-state index contributed by atoms with van der Waals surface area (Å²) in [5.41, 5.74) is 2.64. The summed E-state index contributed by atoms with van der Waals surface area (Å²) in [6, 6.07) is 19.9. The lowest BCUT2D eigenvalue weighted by Gasteiger charge is -2.36. The number of carbonyl (C=O) groups is 2. The molecule has 0 saturated heterocycles. The number of halogens is 1. The van der Waals surface area contributed by atoms with Gasteiger partial charge in [-0.2, -0.15) is 9.61 Å². The number of fused-ring (bicyclic) bond motifs is 1. The zero-order chi connectivity index (χ0) is 31.3. The number of aromatic nitrogens is 3. The first kappa shape index (κ1) is 31.8. The zero-order valence-electron chi connectivity index (χ0n) is 25.6. The molecule has 0 aliphatic heterocycles. The Hall–Kier alpha value is -4.11. The maximum atomic E-state index is 14.2. The first-order chi connectivity index (χ1) is 20.3. The van der Waals surface area contributed by atoms with E-state index in [9.17, 15) is 14.4 Å². The van der Waals surface area contributed by atoms with Crippen molar-refractivity contribution in [3.63, 3.8) is 0 Å². The van der Waals surface area contributed by atoms with E-state index in [1.165, 1.54) is 4.52 Å². The average Bonchev–Trinajstić information content (AvgIpc) is 3.32. The molecular formula is C33H40ClN5O4. The molecule has 0 unspecified atom stereocenters. The molecule has 43 heavy (non-hydrogen) atoms. The third kappa shape index (κ3) is 8.04. The van der Waals surface area contributed by atoms with Crippen LogP contribution in [0.1, 0.15) is 74.4 Å². The van der Waals surface area contributed by atoms with E-state index in [-0.39, 0.29) is 17.5 Å². The molecule has 9 nitrogen and oxygen atoms in total. The number of rotatable bonds is 10. The van der Waals surface area contributed by atoms with Gasteiger partial charge in [-0.05, 0) is 82.0 Å². The van der Waals surface area contributed by atoms with E-state index in [0.717, 1.165) is 11.3 Å². The van der Waals surface area contributed by atoms with Crippen LogP contribution in [-0.4, -0.2) is 49.8 Å². The van der Waals surface area contributed by atoms with Crippen LogP contribution in [0.5, 0.6) is 0 Å². The number of aryl methyl sites for hydroxylation is 1. The minimum absolute atomic E-state index is 0.0667. The van der Waals surface area contributed by atoms with Crippen LogP contribution in [0, 0.1) is 12.8 Å². The smallest absolute Gasteiger partial charge is 0.407 e. The number of ether oxygens (including phenoxy) is 1. The van der Waals surface area contributed by atoms with Crippen molar-refractivity contribution in [2.75, 3.05) is 13.1 Å². The molecule has 0 radical (unpaired) electrons. The summed E-state index contributed by atoms with van der Waals surface area (Å²) in [4.78, 5) is 42.2. The monoisotopic (exact) mass is 605 g/mol. The molecule has 4 rings (SSSR count). The molecule has 10 heteroatoms. The molecule has 2 amide bonds. The van der Waals surface area contributed by atoms with Gasteiger partial charge in [0.15, 0.2) is 0 Å². The van der Waals surface area contributed by atoms with E-state index in [1.54, 1.807) is 54.5 Å². The standard InChI is InChI=1S/C33H40ClN5O4/c1-22(2)29(28-20-27-19-23(3)36-39(27)32(42)38(28)21-24-11-8-7-9-12-24)37(30(40)25-13-15-26(34)16-14-25)18-10-17-35-31(41)43-33(4,5)6/h7-9,11-16,19-20,22,29H,10,17-18,21H2,1-6H3,(H,35,41)/t29-/m1/s1. The van der Waals surface area contributed by atoms with Gasteiger partial charge in [0, 0.05) is 29.4 Å². The van der Waals surface area contributed by atoms with Crippen LogP contribution in [0.4, 0.5) is 4.79 Å². The van der Waals surface area contributed by atoms with Gasteiger partial charge in [-0.1, -0.05) is 55.8 Å². The summed E-state index contributed by atoms with van der Waals surface area (Å²) in [6.45, 7) is 12.3. The number of nitrogens with zero attached hydrogens (tertiary/aromatic N) is 4. The van der Waals surface area contributed by atoms with Crippen LogP contribution >= 0.6 is 11.6 Å². The summed E-state index contributed by atoms with van der Waals surface area (Å²) in [6.07, 6.45) is -0.0413. The molecule has 0 saturated carbocycles. The largest absolute Gasteiger partial charge is 0.444 e. The normalized spacial score (nSPS) is 12.4. The molecule has 0 bridgehead atoms. The number of hydrogen-bond acceptors (Lipinski definition) is 5. The van der Waals surface area contributed by atoms with Crippen molar-refractivity contribution in [1.82, 2.24) is 24.4 Å². The van der Waals surface area contributed by atoms with Crippen molar-refractivity contribution >= 4 is 29.1 Å². The first-order valence-electron chi connectivity index (χ1n) is 14.5. The second kappa shape index (κ2) is 13.5. The summed E-state index contributed by atoms with van der Waals surface area (Å²) in [5.74, 6) is -0.265. The molecule has 0 aliphatic rings. The number of benzene rings is 2. The minimum Gasteiger partial charge on any atom is -0.444 e.